The number of hydrogen-bond donors (Lipinski definition) is 3. The van der Waals surface area contributed by atoms with Gasteiger partial charge < -0.3 is 15.7 Å². The summed E-state index contributed by atoms with van der Waals surface area (Å²) in [4.78, 5) is 11.0. The van der Waals surface area contributed by atoms with Crippen molar-refractivity contribution in [2.24, 2.45) is 0 Å². The van der Waals surface area contributed by atoms with Crippen LogP contribution in [0.1, 0.15) is 11.7 Å². The van der Waals surface area contributed by atoms with E-state index >= 15 is 0 Å². The maximum atomic E-state index is 13.2. The molecule has 0 aliphatic rings. The first-order valence-electron chi connectivity index (χ1n) is 5.30. The zero-order valence-electron chi connectivity index (χ0n) is 9.67. The number of nitrogens with one attached hydrogen (secondary N) is 2. The van der Waals surface area contributed by atoms with Crippen LogP contribution in [0, 0.1) is 5.82 Å². The van der Waals surface area contributed by atoms with E-state index in [-0.39, 0.29) is 5.56 Å². The Morgan fingerprint density at radius 3 is 2.47 bits per heavy atom. The minimum atomic E-state index is -4.51. The number of carbonyl (C=O) groups excluding carboxylic acids is 1. The average molecular weight is 280 g/mol. The van der Waals surface area contributed by atoms with Crippen molar-refractivity contribution in [3.8, 4) is 0 Å². The fourth-order valence-corrected chi connectivity index (χ4v) is 1.29. The van der Waals surface area contributed by atoms with Gasteiger partial charge in [-0.25, -0.2) is 9.18 Å². The first-order chi connectivity index (χ1) is 8.79. The molecule has 0 saturated carbocycles. The van der Waals surface area contributed by atoms with Crippen LogP contribution in [0.25, 0.3) is 0 Å². The summed E-state index contributed by atoms with van der Waals surface area (Å²) in [6.45, 7) is -1.88. The minimum Gasteiger partial charge on any atom is -0.386 e. The lowest BCUT2D eigenvalue weighted by Crippen LogP contribution is -2.42. The second kappa shape index (κ2) is 6.37. The number of hydrogen-bond acceptors (Lipinski definition) is 2. The summed E-state index contributed by atoms with van der Waals surface area (Å²) in [6.07, 6.45) is -5.85. The topological polar surface area (TPSA) is 61.4 Å². The Kier molecular flexibility index (Phi) is 5.11. The van der Waals surface area contributed by atoms with E-state index in [0.29, 0.717) is 0 Å². The molecule has 1 unspecified atom stereocenters. The Labute approximate surface area is 106 Å². The van der Waals surface area contributed by atoms with Crippen LogP contribution in [0.2, 0.25) is 0 Å². The number of aliphatic hydroxyl groups is 1. The highest BCUT2D eigenvalue weighted by molar-refractivity contribution is 5.73. The quantitative estimate of drug-likeness (QED) is 0.735. The smallest absolute Gasteiger partial charge is 0.386 e. The predicted molar refractivity (Wildman–Crippen MR) is 58.8 cm³/mol. The first-order valence-corrected chi connectivity index (χ1v) is 5.30. The highest BCUT2D eigenvalue weighted by Crippen LogP contribution is 2.15. The molecular weight excluding hydrogens is 268 g/mol. The normalized spacial score (nSPS) is 12.9. The van der Waals surface area contributed by atoms with Crippen molar-refractivity contribution in [1.82, 2.24) is 10.6 Å². The first kappa shape index (κ1) is 15.2. The van der Waals surface area contributed by atoms with Crippen molar-refractivity contribution in [3.63, 3.8) is 0 Å². The molecule has 0 saturated heterocycles. The van der Waals surface area contributed by atoms with Gasteiger partial charge in [0.25, 0.3) is 0 Å². The van der Waals surface area contributed by atoms with Gasteiger partial charge in [0.05, 0.1) is 6.10 Å². The van der Waals surface area contributed by atoms with Gasteiger partial charge in [-0.3, -0.25) is 0 Å². The Morgan fingerprint density at radius 1 is 1.26 bits per heavy atom. The Hall–Kier alpha value is -1.83. The van der Waals surface area contributed by atoms with Gasteiger partial charge in [-0.15, -0.1) is 0 Å². The molecule has 4 nitrogen and oxygen atoms in total. The van der Waals surface area contributed by atoms with Crippen LogP contribution < -0.4 is 10.6 Å². The van der Waals surface area contributed by atoms with Crippen LogP contribution in [0.3, 0.4) is 0 Å². The van der Waals surface area contributed by atoms with Gasteiger partial charge in [0.2, 0.25) is 0 Å². The van der Waals surface area contributed by atoms with Crippen LogP contribution in [-0.4, -0.2) is 30.4 Å². The zero-order chi connectivity index (χ0) is 14.5. The molecule has 1 atom stereocenters. The molecule has 0 heterocycles. The molecule has 0 spiro atoms. The monoisotopic (exact) mass is 280 g/mol. The van der Waals surface area contributed by atoms with Gasteiger partial charge in [0, 0.05) is 12.1 Å². The average Bonchev–Trinajstić information content (AvgIpc) is 2.33. The lowest BCUT2D eigenvalue weighted by atomic mass is 10.1. The lowest BCUT2D eigenvalue weighted by Gasteiger charge is -2.14. The van der Waals surface area contributed by atoms with Gasteiger partial charge >= 0.3 is 12.2 Å². The number of halogens is 4. The fourth-order valence-electron chi connectivity index (χ4n) is 1.29. The highest BCUT2D eigenvalue weighted by atomic mass is 19.4. The third-order valence-electron chi connectivity index (χ3n) is 2.17. The van der Waals surface area contributed by atoms with Crippen LogP contribution in [0.5, 0.6) is 0 Å². The van der Waals surface area contributed by atoms with Crippen LogP contribution in [-0.2, 0) is 0 Å². The number of amides is 2. The van der Waals surface area contributed by atoms with Gasteiger partial charge in [0.1, 0.15) is 12.4 Å². The molecule has 0 aromatic heterocycles. The van der Waals surface area contributed by atoms with E-state index in [0.717, 1.165) is 6.07 Å². The van der Waals surface area contributed by atoms with E-state index in [1.54, 1.807) is 5.32 Å². The van der Waals surface area contributed by atoms with E-state index in [1.807, 2.05) is 5.32 Å². The molecule has 19 heavy (non-hydrogen) atoms. The molecular formula is C11H12F4N2O2. The second-order valence-corrected chi connectivity index (χ2v) is 3.72. The summed E-state index contributed by atoms with van der Waals surface area (Å²) in [5, 5.41) is 13.2. The number of carbonyl (C=O) groups is 1. The number of aliphatic hydroxyl groups excluding tert-OH is 1. The summed E-state index contributed by atoms with van der Waals surface area (Å²) in [7, 11) is 0. The number of benzene rings is 1. The maximum Gasteiger partial charge on any atom is 0.405 e. The molecule has 0 bridgehead atoms. The van der Waals surface area contributed by atoms with Crippen molar-refractivity contribution in [1.29, 1.82) is 0 Å². The summed E-state index contributed by atoms with van der Waals surface area (Å²) in [5.74, 6) is -0.660. The van der Waals surface area contributed by atoms with E-state index in [4.69, 9.17) is 0 Å². The number of alkyl halides is 3. The molecule has 0 aliphatic carbocycles. The molecule has 0 radical (unpaired) electrons. The Balaban J connectivity index is 2.40. The standard InChI is InChI=1S/C11H12F4N2O2/c12-8-4-2-1-3-7(8)9(18)5-16-10(19)17-6-11(13,14)15/h1-4,9,18H,5-6H2,(H2,16,17,19). The Morgan fingerprint density at radius 2 is 1.89 bits per heavy atom. The molecule has 1 rings (SSSR count). The van der Waals surface area contributed by atoms with Gasteiger partial charge in [-0.05, 0) is 6.07 Å². The fraction of sp³-hybridized carbons (Fsp3) is 0.364. The maximum absolute atomic E-state index is 13.2. The van der Waals surface area contributed by atoms with Crippen LogP contribution in [0.15, 0.2) is 24.3 Å². The van der Waals surface area contributed by atoms with Gasteiger partial charge in [-0.2, -0.15) is 13.2 Å². The van der Waals surface area contributed by atoms with Crippen molar-refractivity contribution < 1.29 is 27.5 Å². The molecule has 1 aromatic carbocycles. The van der Waals surface area contributed by atoms with E-state index < -0.39 is 37.2 Å². The molecule has 106 valence electrons. The molecule has 0 aliphatic heterocycles. The predicted octanol–water partition coefficient (Wildman–Crippen LogP) is 1.72. The van der Waals surface area contributed by atoms with E-state index in [2.05, 4.69) is 0 Å². The van der Waals surface area contributed by atoms with E-state index in [1.165, 1.54) is 18.2 Å². The molecule has 0 fully saturated rings. The number of urea groups is 1. The van der Waals surface area contributed by atoms with Crippen LogP contribution in [0.4, 0.5) is 22.4 Å². The minimum absolute atomic E-state index is 0.0429. The summed E-state index contributed by atoms with van der Waals surface area (Å²) in [6, 6.07) is 4.27. The molecule has 8 heteroatoms. The van der Waals surface area contributed by atoms with Crippen LogP contribution >= 0.6 is 0 Å². The van der Waals surface area contributed by atoms with Crippen molar-refractivity contribution in [2.75, 3.05) is 13.1 Å². The second-order valence-electron chi connectivity index (χ2n) is 3.72. The summed E-state index contributed by atoms with van der Waals surface area (Å²) in [5.41, 5.74) is -0.0429. The summed E-state index contributed by atoms with van der Waals surface area (Å²) < 4.78 is 48.6. The van der Waals surface area contributed by atoms with Crippen molar-refractivity contribution in [3.05, 3.63) is 35.6 Å². The van der Waals surface area contributed by atoms with Gasteiger partial charge in [-0.1, -0.05) is 18.2 Å². The number of rotatable bonds is 4. The van der Waals surface area contributed by atoms with Crippen molar-refractivity contribution >= 4 is 6.03 Å². The molecule has 2 amide bonds. The van der Waals surface area contributed by atoms with Gasteiger partial charge in [0.15, 0.2) is 0 Å². The summed E-state index contributed by atoms with van der Waals surface area (Å²) >= 11 is 0. The Bertz CT molecular complexity index is 437. The third kappa shape index (κ3) is 5.56. The highest BCUT2D eigenvalue weighted by Gasteiger charge is 2.27. The van der Waals surface area contributed by atoms with E-state index in [9.17, 15) is 27.5 Å². The SMILES string of the molecule is O=C(NCC(O)c1ccccc1F)NCC(F)(F)F. The molecule has 1 aromatic rings. The van der Waals surface area contributed by atoms with Crippen molar-refractivity contribution in [2.45, 2.75) is 12.3 Å². The third-order valence-corrected chi connectivity index (χ3v) is 2.17. The zero-order valence-corrected chi connectivity index (χ0v) is 9.67. The molecule has 3 N–H and O–H groups in total. The largest absolute Gasteiger partial charge is 0.405 e. The lowest BCUT2D eigenvalue weighted by molar-refractivity contribution is -0.122.